The lowest BCUT2D eigenvalue weighted by atomic mass is 10.1. The van der Waals surface area contributed by atoms with Crippen LogP contribution in [0, 0.1) is 6.92 Å². The van der Waals surface area contributed by atoms with Crippen LogP contribution < -0.4 is 11.3 Å². The van der Waals surface area contributed by atoms with E-state index in [0.29, 0.717) is 28.4 Å². The Balaban J connectivity index is 1.92. The molecule has 144 valence electrons. The molecule has 2 aromatic heterocycles. The lowest BCUT2D eigenvalue weighted by molar-refractivity contribution is -0.118. The predicted octanol–water partition coefficient (Wildman–Crippen LogP) is 1.85. The van der Waals surface area contributed by atoms with Crippen LogP contribution in [0.2, 0.25) is 5.02 Å². The molecule has 0 aliphatic carbocycles. The Morgan fingerprint density at radius 3 is 2.46 bits per heavy atom. The van der Waals surface area contributed by atoms with Crippen LogP contribution in [0.5, 0.6) is 0 Å². The van der Waals surface area contributed by atoms with Gasteiger partial charge in [0.2, 0.25) is 11.7 Å². The maximum atomic E-state index is 12.9. The van der Waals surface area contributed by atoms with E-state index in [1.54, 1.807) is 30.3 Å². The Morgan fingerprint density at radius 1 is 1.14 bits per heavy atom. The van der Waals surface area contributed by atoms with Crippen LogP contribution in [0.15, 0.2) is 47.3 Å². The second-order valence-electron chi connectivity index (χ2n) is 6.53. The van der Waals surface area contributed by atoms with Gasteiger partial charge in [-0.25, -0.2) is 4.68 Å². The van der Waals surface area contributed by atoms with Crippen LogP contribution >= 0.6 is 11.6 Å². The number of nitrogens with two attached hydrogens (primary N) is 1. The summed E-state index contributed by atoms with van der Waals surface area (Å²) < 4.78 is 2.85. The van der Waals surface area contributed by atoms with Crippen molar-refractivity contribution in [2.24, 2.45) is 12.8 Å². The summed E-state index contributed by atoms with van der Waals surface area (Å²) in [4.78, 5) is 35.8. The third-order valence-corrected chi connectivity index (χ3v) is 4.69. The molecule has 0 aliphatic rings. The van der Waals surface area contributed by atoms with Gasteiger partial charge in [0.05, 0.1) is 11.4 Å². The standard InChI is InChI=1S/C20H19ClN4O3/c1-12-9-16(10-15-7-8-18(27)25(23-15)11-17(22)26)24(2)19(12)20(28)13-3-5-14(21)6-4-13/h3-9H,10-11H2,1-2H3,(H2,22,26). The van der Waals surface area contributed by atoms with E-state index in [1.807, 2.05) is 24.6 Å². The van der Waals surface area contributed by atoms with E-state index >= 15 is 0 Å². The number of primary amides is 1. The molecule has 0 atom stereocenters. The van der Waals surface area contributed by atoms with Crippen molar-refractivity contribution in [3.8, 4) is 0 Å². The van der Waals surface area contributed by atoms with Crippen LogP contribution in [0.4, 0.5) is 0 Å². The number of hydrogen-bond acceptors (Lipinski definition) is 4. The molecule has 0 radical (unpaired) electrons. The van der Waals surface area contributed by atoms with E-state index in [0.717, 1.165) is 15.9 Å². The van der Waals surface area contributed by atoms with E-state index in [-0.39, 0.29) is 12.3 Å². The van der Waals surface area contributed by atoms with Crippen molar-refractivity contribution in [2.75, 3.05) is 0 Å². The van der Waals surface area contributed by atoms with Crippen molar-refractivity contribution in [3.63, 3.8) is 0 Å². The fourth-order valence-corrected chi connectivity index (χ4v) is 3.22. The number of rotatable bonds is 6. The minimum absolute atomic E-state index is 0.102. The van der Waals surface area contributed by atoms with Gasteiger partial charge >= 0.3 is 0 Å². The minimum atomic E-state index is -0.641. The molecule has 0 fully saturated rings. The number of carbonyl (C=O) groups excluding carboxylic acids is 2. The van der Waals surface area contributed by atoms with E-state index in [2.05, 4.69) is 5.10 Å². The number of halogens is 1. The molecule has 0 bridgehead atoms. The van der Waals surface area contributed by atoms with Gasteiger partial charge in [0.15, 0.2) is 0 Å². The van der Waals surface area contributed by atoms with Crippen LogP contribution in [-0.4, -0.2) is 26.0 Å². The number of aromatic nitrogens is 3. The summed E-state index contributed by atoms with van der Waals surface area (Å²) in [5.41, 5.74) is 8.15. The maximum Gasteiger partial charge on any atom is 0.267 e. The van der Waals surface area contributed by atoms with E-state index in [9.17, 15) is 14.4 Å². The van der Waals surface area contributed by atoms with Crippen molar-refractivity contribution in [1.29, 1.82) is 0 Å². The highest BCUT2D eigenvalue weighted by Crippen LogP contribution is 2.21. The molecule has 0 saturated carbocycles. The average Bonchev–Trinajstić information content (AvgIpc) is 2.91. The zero-order chi connectivity index (χ0) is 20.4. The lowest BCUT2D eigenvalue weighted by Crippen LogP contribution is -2.30. The summed E-state index contributed by atoms with van der Waals surface area (Å²) in [5, 5.41) is 4.76. The third-order valence-electron chi connectivity index (χ3n) is 4.43. The first-order valence-corrected chi connectivity index (χ1v) is 8.95. The van der Waals surface area contributed by atoms with Gasteiger partial charge in [-0.3, -0.25) is 14.4 Å². The van der Waals surface area contributed by atoms with Crippen molar-refractivity contribution >= 4 is 23.3 Å². The van der Waals surface area contributed by atoms with Crippen molar-refractivity contribution in [1.82, 2.24) is 14.3 Å². The normalized spacial score (nSPS) is 10.8. The molecule has 0 spiro atoms. The molecule has 2 N–H and O–H groups in total. The number of aryl methyl sites for hydroxylation is 1. The lowest BCUT2D eigenvalue weighted by Gasteiger charge is -2.09. The molecule has 0 aliphatic heterocycles. The highest BCUT2D eigenvalue weighted by molar-refractivity contribution is 6.30. The Morgan fingerprint density at radius 2 is 1.82 bits per heavy atom. The fourth-order valence-electron chi connectivity index (χ4n) is 3.09. The molecule has 2 heterocycles. The first-order chi connectivity index (χ1) is 13.3. The molecule has 1 amide bonds. The molecule has 0 saturated heterocycles. The number of amides is 1. The van der Waals surface area contributed by atoms with E-state index < -0.39 is 11.5 Å². The SMILES string of the molecule is Cc1cc(Cc2ccc(=O)n(CC(N)=O)n2)n(C)c1C(=O)c1ccc(Cl)cc1. The van der Waals surface area contributed by atoms with Crippen LogP contribution in [-0.2, 0) is 24.8 Å². The minimum Gasteiger partial charge on any atom is -0.368 e. The molecule has 7 nitrogen and oxygen atoms in total. The second kappa shape index (κ2) is 7.82. The first kappa shape index (κ1) is 19.6. The number of benzene rings is 1. The summed E-state index contributed by atoms with van der Waals surface area (Å²) in [5.74, 6) is -0.744. The molecular weight excluding hydrogens is 380 g/mol. The largest absolute Gasteiger partial charge is 0.368 e. The van der Waals surface area contributed by atoms with Crippen LogP contribution in [0.3, 0.4) is 0 Å². The molecule has 3 aromatic rings. The summed E-state index contributed by atoms with van der Waals surface area (Å²) >= 11 is 5.90. The second-order valence-corrected chi connectivity index (χ2v) is 6.96. The summed E-state index contributed by atoms with van der Waals surface area (Å²) in [7, 11) is 1.81. The fraction of sp³-hybridized carbons (Fsp3) is 0.200. The monoisotopic (exact) mass is 398 g/mol. The Labute approximate surface area is 166 Å². The number of nitrogens with zero attached hydrogens (tertiary/aromatic N) is 3. The molecule has 0 unspecified atom stereocenters. The van der Waals surface area contributed by atoms with Gasteiger partial charge in [0.25, 0.3) is 5.56 Å². The summed E-state index contributed by atoms with van der Waals surface area (Å²) in [6, 6.07) is 11.6. The van der Waals surface area contributed by atoms with Crippen LogP contribution in [0.25, 0.3) is 0 Å². The van der Waals surface area contributed by atoms with Crippen molar-refractivity contribution in [2.45, 2.75) is 19.9 Å². The molecular formula is C20H19ClN4O3. The number of hydrogen-bond donors (Lipinski definition) is 1. The summed E-state index contributed by atoms with van der Waals surface area (Å²) in [6.07, 6.45) is 0.393. The van der Waals surface area contributed by atoms with Crippen molar-refractivity contribution in [3.05, 3.63) is 86.0 Å². The topological polar surface area (TPSA) is 100.0 Å². The highest BCUT2D eigenvalue weighted by Gasteiger charge is 2.19. The average molecular weight is 399 g/mol. The van der Waals surface area contributed by atoms with Crippen molar-refractivity contribution < 1.29 is 9.59 Å². The van der Waals surface area contributed by atoms with E-state index in [1.165, 1.54) is 6.07 Å². The predicted molar refractivity (Wildman–Crippen MR) is 106 cm³/mol. The van der Waals surface area contributed by atoms with Gasteiger partial charge in [-0.05, 0) is 48.9 Å². The summed E-state index contributed by atoms with van der Waals surface area (Å²) in [6.45, 7) is 1.59. The zero-order valence-corrected chi connectivity index (χ0v) is 16.2. The Bertz CT molecular complexity index is 1110. The number of carbonyl (C=O) groups is 2. The Hall–Kier alpha value is -3.19. The van der Waals surface area contributed by atoms with Crippen LogP contribution in [0.1, 0.15) is 33.0 Å². The first-order valence-electron chi connectivity index (χ1n) is 8.57. The molecule has 1 aromatic carbocycles. The molecule has 8 heteroatoms. The Kier molecular flexibility index (Phi) is 5.46. The smallest absolute Gasteiger partial charge is 0.267 e. The van der Waals surface area contributed by atoms with Gasteiger partial charge < -0.3 is 10.3 Å². The van der Waals surface area contributed by atoms with Gasteiger partial charge in [-0.2, -0.15) is 5.10 Å². The van der Waals surface area contributed by atoms with E-state index in [4.69, 9.17) is 17.3 Å². The zero-order valence-electron chi connectivity index (χ0n) is 15.5. The molecule has 28 heavy (non-hydrogen) atoms. The third kappa shape index (κ3) is 4.04. The highest BCUT2D eigenvalue weighted by atomic mass is 35.5. The maximum absolute atomic E-state index is 12.9. The van der Waals surface area contributed by atoms with Gasteiger partial charge in [-0.1, -0.05) is 11.6 Å². The van der Waals surface area contributed by atoms with Gasteiger partial charge in [0, 0.05) is 35.8 Å². The molecule has 3 rings (SSSR count). The van der Waals surface area contributed by atoms with Gasteiger partial charge in [0.1, 0.15) is 6.54 Å². The van der Waals surface area contributed by atoms with Gasteiger partial charge in [-0.15, -0.1) is 0 Å². The number of ketones is 1. The quantitative estimate of drug-likeness (QED) is 0.640.